The molecule has 4 nitrogen and oxygen atoms in total. The number of hydrogen-bond acceptors (Lipinski definition) is 4. The Morgan fingerprint density at radius 1 is 1.43 bits per heavy atom. The van der Waals surface area contributed by atoms with Crippen LogP contribution in [0.1, 0.15) is 20.3 Å². The number of nitrogens with one attached hydrogen (secondary N) is 1. The molecule has 0 aromatic rings. The Balaban J connectivity index is 3.68. The topological polar surface area (TPSA) is 69.6 Å². The Kier molecular flexibility index (Phi) is 7.93. The number of aliphatic hydroxyl groups is 1. The summed E-state index contributed by atoms with van der Waals surface area (Å²) in [5.41, 5.74) is 0. The molecule has 0 saturated heterocycles. The van der Waals surface area contributed by atoms with Crippen LogP contribution in [0.15, 0.2) is 0 Å². The molecule has 0 saturated carbocycles. The predicted octanol–water partition coefficient (Wildman–Crippen LogP) is 0.553. The van der Waals surface area contributed by atoms with Gasteiger partial charge in [-0.2, -0.15) is 11.8 Å². The van der Waals surface area contributed by atoms with Gasteiger partial charge in [0.1, 0.15) is 6.04 Å². The van der Waals surface area contributed by atoms with Crippen LogP contribution >= 0.6 is 11.8 Å². The monoisotopic (exact) mass is 221 g/mol. The van der Waals surface area contributed by atoms with E-state index in [4.69, 9.17) is 10.2 Å². The number of aliphatic carboxylic acids is 1. The molecule has 0 aromatic heterocycles. The van der Waals surface area contributed by atoms with Gasteiger partial charge in [-0.1, -0.05) is 13.8 Å². The second-order valence-electron chi connectivity index (χ2n) is 3.34. The van der Waals surface area contributed by atoms with Crippen LogP contribution in [0.4, 0.5) is 0 Å². The van der Waals surface area contributed by atoms with Gasteiger partial charge >= 0.3 is 5.97 Å². The number of carboxylic acid groups (broad SMARTS) is 1. The lowest BCUT2D eigenvalue weighted by atomic mass is 10.2. The SMILES string of the molecule is CC(C)NC(CCSCCO)C(=O)O. The maximum absolute atomic E-state index is 10.8. The van der Waals surface area contributed by atoms with Crippen LogP contribution < -0.4 is 5.32 Å². The predicted molar refractivity (Wildman–Crippen MR) is 58.7 cm³/mol. The van der Waals surface area contributed by atoms with Gasteiger partial charge in [-0.15, -0.1) is 0 Å². The first-order chi connectivity index (χ1) is 6.57. The van der Waals surface area contributed by atoms with Crippen LogP contribution in [0, 0.1) is 0 Å². The van der Waals surface area contributed by atoms with E-state index in [1.165, 1.54) is 0 Å². The third-order valence-electron chi connectivity index (χ3n) is 1.62. The van der Waals surface area contributed by atoms with Crippen molar-refractivity contribution in [3.8, 4) is 0 Å². The lowest BCUT2D eigenvalue weighted by Gasteiger charge is -2.16. The first-order valence-electron chi connectivity index (χ1n) is 4.75. The van der Waals surface area contributed by atoms with Crippen molar-refractivity contribution < 1.29 is 15.0 Å². The van der Waals surface area contributed by atoms with Gasteiger partial charge in [-0.25, -0.2) is 0 Å². The van der Waals surface area contributed by atoms with Crippen LogP contribution in [0.2, 0.25) is 0 Å². The highest BCUT2D eigenvalue weighted by Crippen LogP contribution is 2.05. The van der Waals surface area contributed by atoms with Gasteiger partial charge in [-0.3, -0.25) is 4.79 Å². The number of thioether (sulfide) groups is 1. The van der Waals surface area contributed by atoms with Gasteiger partial charge in [-0.05, 0) is 12.2 Å². The fourth-order valence-electron chi connectivity index (χ4n) is 1.05. The smallest absolute Gasteiger partial charge is 0.320 e. The minimum atomic E-state index is -0.803. The van der Waals surface area contributed by atoms with Gasteiger partial charge in [0.25, 0.3) is 0 Å². The Hall–Kier alpha value is -0.260. The summed E-state index contributed by atoms with van der Waals surface area (Å²) in [6.45, 7) is 4.01. The van der Waals surface area contributed by atoms with E-state index < -0.39 is 12.0 Å². The van der Waals surface area contributed by atoms with Crippen molar-refractivity contribution in [2.45, 2.75) is 32.4 Å². The highest BCUT2D eigenvalue weighted by atomic mass is 32.2. The third kappa shape index (κ3) is 7.17. The molecule has 0 radical (unpaired) electrons. The van der Waals surface area contributed by atoms with Crippen LogP contribution in [0.3, 0.4) is 0 Å². The van der Waals surface area contributed by atoms with Crippen LogP contribution in [-0.2, 0) is 4.79 Å². The average molecular weight is 221 g/mol. The Bertz CT molecular complexity index is 164. The summed E-state index contributed by atoms with van der Waals surface area (Å²) in [5.74, 6) is 0.633. The molecule has 0 spiro atoms. The fraction of sp³-hybridized carbons (Fsp3) is 0.889. The quantitative estimate of drug-likeness (QED) is 0.522. The molecular weight excluding hydrogens is 202 g/mol. The molecule has 1 unspecified atom stereocenters. The second kappa shape index (κ2) is 8.08. The van der Waals surface area contributed by atoms with E-state index in [9.17, 15) is 4.79 Å². The van der Waals surface area contributed by atoms with Crippen LogP contribution in [0.25, 0.3) is 0 Å². The summed E-state index contributed by atoms with van der Waals surface area (Å²) >= 11 is 1.57. The van der Waals surface area contributed by atoms with Crippen molar-refractivity contribution in [2.24, 2.45) is 0 Å². The Morgan fingerprint density at radius 2 is 2.07 bits per heavy atom. The Morgan fingerprint density at radius 3 is 2.50 bits per heavy atom. The van der Waals surface area contributed by atoms with E-state index in [1.54, 1.807) is 11.8 Å². The van der Waals surface area contributed by atoms with Gasteiger partial charge in [0, 0.05) is 11.8 Å². The molecule has 84 valence electrons. The maximum atomic E-state index is 10.8. The van der Waals surface area contributed by atoms with Crippen molar-refractivity contribution in [1.29, 1.82) is 0 Å². The lowest BCUT2D eigenvalue weighted by Crippen LogP contribution is -2.41. The van der Waals surface area contributed by atoms with Crippen LogP contribution in [0.5, 0.6) is 0 Å². The molecule has 0 heterocycles. The third-order valence-corrected chi connectivity index (χ3v) is 2.61. The molecule has 0 fully saturated rings. The fourth-order valence-corrected chi connectivity index (χ4v) is 1.78. The highest BCUT2D eigenvalue weighted by molar-refractivity contribution is 7.99. The summed E-state index contributed by atoms with van der Waals surface area (Å²) in [5, 5.41) is 20.4. The minimum absolute atomic E-state index is 0.153. The van der Waals surface area contributed by atoms with E-state index in [0.29, 0.717) is 12.2 Å². The van der Waals surface area contributed by atoms with Gasteiger partial charge in [0.15, 0.2) is 0 Å². The molecule has 1 atom stereocenters. The number of carbonyl (C=O) groups is 1. The van der Waals surface area contributed by atoms with Crippen molar-refractivity contribution >= 4 is 17.7 Å². The lowest BCUT2D eigenvalue weighted by molar-refractivity contribution is -0.139. The number of hydrogen-bond donors (Lipinski definition) is 3. The molecule has 0 aliphatic carbocycles. The molecule has 14 heavy (non-hydrogen) atoms. The van der Waals surface area contributed by atoms with Gasteiger partial charge in [0.2, 0.25) is 0 Å². The van der Waals surface area contributed by atoms with E-state index in [1.807, 2.05) is 13.8 Å². The summed E-state index contributed by atoms with van der Waals surface area (Å²) in [6.07, 6.45) is 0.595. The Labute approximate surface area is 89.1 Å². The zero-order valence-corrected chi connectivity index (χ0v) is 9.51. The van der Waals surface area contributed by atoms with Crippen molar-refractivity contribution in [1.82, 2.24) is 5.32 Å². The summed E-state index contributed by atoms with van der Waals surface area (Å²) < 4.78 is 0. The van der Waals surface area contributed by atoms with E-state index in [-0.39, 0.29) is 12.6 Å². The van der Waals surface area contributed by atoms with Crippen molar-refractivity contribution in [3.05, 3.63) is 0 Å². The van der Waals surface area contributed by atoms with Crippen molar-refractivity contribution in [3.63, 3.8) is 0 Å². The first kappa shape index (κ1) is 13.7. The van der Waals surface area contributed by atoms with E-state index in [2.05, 4.69) is 5.32 Å². The van der Waals surface area contributed by atoms with Crippen molar-refractivity contribution in [2.75, 3.05) is 18.1 Å². The van der Waals surface area contributed by atoms with E-state index in [0.717, 1.165) is 5.75 Å². The highest BCUT2D eigenvalue weighted by Gasteiger charge is 2.16. The van der Waals surface area contributed by atoms with Crippen LogP contribution in [-0.4, -0.2) is 46.4 Å². The van der Waals surface area contributed by atoms with E-state index >= 15 is 0 Å². The molecular formula is C9H19NO3S. The summed E-state index contributed by atoms with van der Waals surface area (Å²) in [7, 11) is 0. The number of aliphatic hydroxyl groups excluding tert-OH is 1. The number of carboxylic acids is 1. The largest absolute Gasteiger partial charge is 0.480 e. The normalized spacial score (nSPS) is 13.1. The summed E-state index contributed by atoms with van der Waals surface area (Å²) in [6, 6.07) is -0.292. The zero-order valence-electron chi connectivity index (χ0n) is 8.69. The molecule has 3 N–H and O–H groups in total. The molecule has 0 rings (SSSR count). The zero-order chi connectivity index (χ0) is 11.0. The second-order valence-corrected chi connectivity index (χ2v) is 4.56. The molecule has 0 amide bonds. The molecule has 0 aliphatic heterocycles. The number of rotatable bonds is 8. The average Bonchev–Trinajstić information content (AvgIpc) is 2.09. The molecule has 0 bridgehead atoms. The molecule has 0 aliphatic rings. The maximum Gasteiger partial charge on any atom is 0.320 e. The van der Waals surface area contributed by atoms with Gasteiger partial charge < -0.3 is 15.5 Å². The minimum Gasteiger partial charge on any atom is -0.480 e. The molecule has 5 heteroatoms. The first-order valence-corrected chi connectivity index (χ1v) is 5.90. The standard InChI is InChI=1S/C9H19NO3S/c1-7(2)10-8(9(12)13)3-5-14-6-4-11/h7-8,10-11H,3-6H2,1-2H3,(H,12,13). The summed E-state index contributed by atoms with van der Waals surface area (Å²) in [4.78, 5) is 10.8. The molecule has 0 aromatic carbocycles. The van der Waals surface area contributed by atoms with Gasteiger partial charge in [0.05, 0.1) is 6.61 Å².